The molecule has 0 N–H and O–H groups in total. The number of hydrogen-bond donors (Lipinski definition) is 0. The standard InChI is InChI=1S/C47H29N3O/c1-4-12-30(13-5-1)34-20-21-36-27-37(23-22-35(36)26-34)38-28-41(43-40-25-24-31-14-10-11-19-39(31)44(40)51-42(43)29-38)47-49-45(32-15-6-2-7-16-32)48-46(50-47)33-17-8-3-9-18-33/h1-29H. The van der Waals surface area contributed by atoms with Crippen LogP contribution in [0.15, 0.2) is 180 Å². The molecule has 8 aromatic carbocycles. The maximum absolute atomic E-state index is 6.80. The molecule has 0 saturated carbocycles. The summed E-state index contributed by atoms with van der Waals surface area (Å²) >= 11 is 0. The Bertz CT molecular complexity index is 2840. The van der Waals surface area contributed by atoms with Gasteiger partial charge in [-0.15, -0.1) is 0 Å². The van der Waals surface area contributed by atoms with Crippen molar-refractivity contribution in [2.45, 2.75) is 0 Å². The van der Waals surface area contributed by atoms with Crippen LogP contribution in [0.1, 0.15) is 0 Å². The number of nitrogens with zero attached hydrogens (tertiary/aromatic N) is 3. The quantitative estimate of drug-likeness (QED) is 0.186. The van der Waals surface area contributed by atoms with Crippen molar-refractivity contribution in [3.05, 3.63) is 176 Å². The van der Waals surface area contributed by atoms with Crippen molar-refractivity contribution >= 4 is 43.5 Å². The van der Waals surface area contributed by atoms with Crippen LogP contribution in [0.25, 0.3) is 99.9 Å². The van der Waals surface area contributed by atoms with E-state index in [2.05, 4.69) is 109 Å². The van der Waals surface area contributed by atoms with Crippen molar-refractivity contribution in [3.8, 4) is 56.4 Å². The topological polar surface area (TPSA) is 51.8 Å². The van der Waals surface area contributed by atoms with Gasteiger partial charge in [-0.25, -0.2) is 15.0 Å². The molecule has 0 spiro atoms. The minimum atomic E-state index is 0.596. The second kappa shape index (κ2) is 11.9. The molecule has 238 valence electrons. The molecule has 0 unspecified atom stereocenters. The van der Waals surface area contributed by atoms with E-state index in [9.17, 15) is 0 Å². The molecule has 0 atom stereocenters. The Labute approximate surface area is 294 Å². The van der Waals surface area contributed by atoms with E-state index in [0.717, 1.165) is 60.5 Å². The van der Waals surface area contributed by atoms with Crippen LogP contribution < -0.4 is 0 Å². The highest BCUT2D eigenvalue weighted by Gasteiger charge is 2.21. The highest BCUT2D eigenvalue weighted by molar-refractivity contribution is 6.19. The van der Waals surface area contributed by atoms with Crippen LogP contribution in [0.5, 0.6) is 0 Å². The van der Waals surface area contributed by atoms with Gasteiger partial charge in [-0.3, -0.25) is 0 Å². The zero-order valence-corrected chi connectivity index (χ0v) is 27.5. The molecule has 2 heterocycles. The Hall–Kier alpha value is -6.91. The predicted octanol–water partition coefficient (Wildman–Crippen LogP) is 12.4. The summed E-state index contributed by atoms with van der Waals surface area (Å²) in [6, 6.07) is 61.1. The van der Waals surface area contributed by atoms with E-state index in [1.54, 1.807) is 0 Å². The van der Waals surface area contributed by atoms with Gasteiger partial charge in [0.1, 0.15) is 11.2 Å². The Morgan fingerprint density at radius 3 is 1.51 bits per heavy atom. The van der Waals surface area contributed by atoms with Crippen molar-refractivity contribution in [2.75, 3.05) is 0 Å². The first-order chi connectivity index (χ1) is 25.2. The summed E-state index contributed by atoms with van der Waals surface area (Å²) in [5, 5.41) is 6.57. The summed E-state index contributed by atoms with van der Waals surface area (Å²) in [5.74, 6) is 1.84. The third-order valence-corrected chi connectivity index (χ3v) is 9.68. The van der Waals surface area contributed by atoms with Crippen molar-refractivity contribution in [1.29, 1.82) is 0 Å². The molecule has 0 saturated heterocycles. The second-order valence-electron chi connectivity index (χ2n) is 12.8. The highest BCUT2D eigenvalue weighted by atomic mass is 16.3. The SMILES string of the molecule is c1ccc(-c2ccc3cc(-c4cc(-c5nc(-c6ccccc6)nc(-c6ccccc6)n5)c5c(c4)oc4c6ccccc6ccc45)ccc3c2)cc1. The lowest BCUT2D eigenvalue weighted by Gasteiger charge is -2.12. The maximum Gasteiger partial charge on any atom is 0.164 e. The summed E-state index contributed by atoms with van der Waals surface area (Å²) in [6.45, 7) is 0. The number of hydrogen-bond acceptors (Lipinski definition) is 4. The van der Waals surface area contributed by atoms with Crippen molar-refractivity contribution in [1.82, 2.24) is 15.0 Å². The monoisotopic (exact) mass is 651 g/mol. The van der Waals surface area contributed by atoms with E-state index >= 15 is 0 Å². The van der Waals surface area contributed by atoms with Crippen LogP contribution in [-0.2, 0) is 0 Å². The van der Waals surface area contributed by atoms with E-state index in [-0.39, 0.29) is 0 Å². The largest absolute Gasteiger partial charge is 0.455 e. The molecule has 10 rings (SSSR count). The summed E-state index contributed by atoms with van der Waals surface area (Å²) < 4.78 is 6.80. The average molecular weight is 652 g/mol. The smallest absolute Gasteiger partial charge is 0.164 e. The van der Waals surface area contributed by atoms with Crippen LogP contribution in [-0.4, -0.2) is 15.0 Å². The molecule has 0 bridgehead atoms. The Balaban J connectivity index is 1.23. The first-order valence-corrected chi connectivity index (χ1v) is 17.1. The minimum Gasteiger partial charge on any atom is -0.455 e. The Morgan fingerprint density at radius 1 is 0.333 bits per heavy atom. The maximum atomic E-state index is 6.80. The van der Waals surface area contributed by atoms with Gasteiger partial charge in [-0.05, 0) is 68.7 Å². The molecule has 0 fully saturated rings. The van der Waals surface area contributed by atoms with Crippen molar-refractivity contribution in [3.63, 3.8) is 0 Å². The Kier molecular flexibility index (Phi) is 6.78. The van der Waals surface area contributed by atoms with Gasteiger partial charge in [0.05, 0.1) is 0 Å². The van der Waals surface area contributed by atoms with E-state index in [4.69, 9.17) is 19.4 Å². The van der Waals surface area contributed by atoms with E-state index in [0.29, 0.717) is 17.5 Å². The summed E-state index contributed by atoms with van der Waals surface area (Å²) in [6.07, 6.45) is 0. The van der Waals surface area contributed by atoms with E-state index in [1.807, 2.05) is 66.7 Å². The number of rotatable bonds is 5. The molecule has 4 heteroatoms. The van der Waals surface area contributed by atoms with Crippen molar-refractivity contribution in [2.24, 2.45) is 0 Å². The van der Waals surface area contributed by atoms with E-state index < -0.39 is 0 Å². The molecule has 51 heavy (non-hydrogen) atoms. The predicted molar refractivity (Wildman–Crippen MR) is 209 cm³/mol. The van der Waals surface area contributed by atoms with Gasteiger partial charge in [0.2, 0.25) is 0 Å². The molecule has 4 nitrogen and oxygen atoms in total. The van der Waals surface area contributed by atoms with Crippen molar-refractivity contribution < 1.29 is 4.42 Å². The molecule has 0 aliphatic heterocycles. The molecular formula is C47H29N3O. The molecule has 0 radical (unpaired) electrons. The van der Waals surface area contributed by atoms with Crippen LogP contribution in [0.3, 0.4) is 0 Å². The fourth-order valence-electron chi connectivity index (χ4n) is 7.14. The zero-order valence-electron chi connectivity index (χ0n) is 27.5. The molecule has 10 aromatic rings. The highest BCUT2D eigenvalue weighted by Crippen LogP contribution is 2.42. The first-order valence-electron chi connectivity index (χ1n) is 17.1. The van der Waals surface area contributed by atoms with Gasteiger partial charge in [0, 0.05) is 32.8 Å². The van der Waals surface area contributed by atoms with E-state index in [1.165, 1.54) is 21.9 Å². The van der Waals surface area contributed by atoms with Gasteiger partial charge in [-0.1, -0.05) is 146 Å². The lowest BCUT2D eigenvalue weighted by atomic mass is 9.95. The van der Waals surface area contributed by atoms with Crippen LogP contribution >= 0.6 is 0 Å². The number of aromatic nitrogens is 3. The lowest BCUT2D eigenvalue weighted by molar-refractivity contribution is 0.673. The van der Waals surface area contributed by atoms with Crippen LogP contribution in [0, 0.1) is 0 Å². The number of fused-ring (bicyclic) bond motifs is 6. The summed E-state index contributed by atoms with van der Waals surface area (Å²) in [4.78, 5) is 15.3. The fourth-order valence-corrected chi connectivity index (χ4v) is 7.14. The Morgan fingerprint density at radius 2 is 0.863 bits per heavy atom. The zero-order chi connectivity index (χ0) is 33.7. The lowest BCUT2D eigenvalue weighted by Crippen LogP contribution is -2.00. The van der Waals surface area contributed by atoms with Crippen LogP contribution in [0.4, 0.5) is 0 Å². The number of benzene rings is 8. The third-order valence-electron chi connectivity index (χ3n) is 9.68. The third kappa shape index (κ3) is 5.13. The summed E-state index contributed by atoms with van der Waals surface area (Å²) in [5.41, 5.74) is 8.92. The summed E-state index contributed by atoms with van der Waals surface area (Å²) in [7, 11) is 0. The fraction of sp³-hybridized carbons (Fsp3) is 0. The molecule has 2 aromatic heterocycles. The van der Waals surface area contributed by atoms with Gasteiger partial charge in [-0.2, -0.15) is 0 Å². The molecular weight excluding hydrogens is 623 g/mol. The van der Waals surface area contributed by atoms with Gasteiger partial charge < -0.3 is 4.42 Å². The normalized spacial score (nSPS) is 11.5. The first kappa shape index (κ1) is 29.0. The molecule has 0 aliphatic rings. The second-order valence-corrected chi connectivity index (χ2v) is 12.8. The van der Waals surface area contributed by atoms with Crippen LogP contribution in [0.2, 0.25) is 0 Å². The number of furan rings is 1. The van der Waals surface area contributed by atoms with Gasteiger partial charge in [0.25, 0.3) is 0 Å². The average Bonchev–Trinajstić information content (AvgIpc) is 3.60. The van der Waals surface area contributed by atoms with Gasteiger partial charge in [0.15, 0.2) is 17.5 Å². The molecule has 0 amide bonds. The molecule has 0 aliphatic carbocycles. The minimum absolute atomic E-state index is 0.596. The van der Waals surface area contributed by atoms with Gasteiger partial charge >= 0.3 is 0 Å².